The summed E-state index contributed by atoms with van der Waals surface area (Å²) in [7, 11) is 0. The topological polar surface area (TPSA) is 53.9 Å². The molecule has 108 valence electrons. The minimum absolute atomic E-state index is 0.318. The zero-order chi connectivity index (χ0) is 14.8. The lowest BCUT2D eigenvalue weighted by molar-refractivity contribution is 0.0466. The van der Waals surface area contributed by atoms with Gasteiger partial charge in [-0.15, -0.1) is 5.10 Å². The zero-order valence-electron chi connectivity index (χ0n) is 11.8. The summed E-state index contributed by atoms with van der Waals surface area (Å²) in [4.78, 5) is 14.0. The number of nitrogens with one attached hydrogen (secondary N) is 1. The number of benzene rings is 1. The third kappa shape index (κ3) is 5.48. The van der Waals surface area contributed by atoms with Crippen LogP contribution in [0.15, 0.2) is 29.4 Å². The first kappa shape index (κ1) is 16.3. The van der Waals surface area contributed by atoms with Crippen molar-refractivity contribution >= 4 is 29.0 Å². The summed E-state index contributed by atoms with van der Waals surface area (Å²) in [6, 6.07) is 6.83. The highest BCUT2D eigenvalue weighted by atomic mass is 32.1. The average Bonchev–Trinajstić information content (AvgIpc) is 2.50. The monoisotopic (exact) mass is 293 g/mol. The van der Waals surface area contributed by atoms with E-state index in [0.717, 1.165) is 25.3 Å². The minimum Gasteiger partial charge on any atom is -0.461 e. The van der Waals surface area contributed by atoms with Crippen LogP contribution in [0.1, 0.15) is 24.2 Å². The molecule has 5 nitrogen and oxygen atoms in total. The van der Waals surface area contributed by atoms with Gasteiger partial charge in [0.25, 0.3) is 0 Å². The fourth-order valence-corrected chi connectivity index (χ4v) is 1.70. The molecule has 0 fully saturated rings. The Kier molecular flexibility index (Phi) is 7.50. The van der Waals surface area contributed by atoms with E-state index < -0.39 is 0 Å². The maximum absolute atomic E-state index is 11.8. The molecule has 0 saturated carbocycles. The van der Waals surface area contributed by atoms with Crippen molar-refractivity contribution < 1.29 is 9.53 Å². The third-order valence-electron chi connectivity index (χ3n) is 2.89. The van der Waals surface area contributed by atoms with Gasteiger partial charge in [-0.05, 0) is 49.6 Å². The molecule has 0 radical (unpaired) electrons. The van der Waals surface area contributed by atoms with Crippen molar-refractivity contribution in [1.29, 1.82) is 0 Å². The number of isothiocyanates is 1. The van der Waals surface area contributed by atoms with Gasteiger partial charge in [-0.1, -0.05) is 13.8 Å². The highest BCUT2D eigenvalue weighted by molar-refractivity contribution is 7.78. The molecule has 20 heavy (non-hydrogen) atoms. The number of hydrazone groups is 1. The van der Waals surface area contributed by atoms with Crippen LogP contribution in [0, 0.1) is 0 Å². The summed E-state index contributed by atoms with van der Waals surface area (Å²) < 4.78 is 5.23. The third-order valence-corrected chi connectivity index (χ3v) is 2.98. The molecule has 0 bridgehead atoms. The van der Waals surface area contributed by atoms with E-state index in [9.17, 15) is 4.79 Å². The molecule has 0 atom stereocenters. The second-order valence-corrected chi connectivity index (χ2v) is 4.24. The van der Waals surface area contributed by atoms with Gasteiger partial charge >= 0.3 is 5.97 Å². The second-order valence-electron chi connectivity index (χ2n) is 4.06. The quantitative estimate of drug-likeness (QED) is 0.345. The highest BCUT2D eigenvalue weighted by Crippen LogP contribution is 2.10. The van der Waals surface area contributed by atoms with Crippen LogP contribution < -0.4 is 5.43 Å². The number of hydrogen-bond donors (Lipinski definition) is 1. The van der Waals surface area contributed by atoms with E-state index in [2.05, 4.69) is 46.7 Å². The fourth-order valence-electron chi connectivity index (χ4n) is 1.66. The molecule has 6 heteroatoms. The number of nitrogens with zero attached hydrogens (tertiary/aromatic N) is 2. The number of carbonyl (C=O) groups is 1. The Hall–Kier alpha value is -1.75. The van der Waals surface area contributed by atoms with E-state index >= 15 is 0 Å². The van der Waals surface area contributed by atoms with Crippen LogP contribution in [-0.2, 0) is 4.74 Å². The van der Waals surface area contributed by atoms with Gasteiger partial charge in [0, 0.05) is 6.54 Å². The van der Waals surface area contributed by atoms with Gasteiger partial charge in [-0.2, -0.15) is 0 Å². The Morgan fingerprint density at radius 2 is 2.00 bits per heavy atom. The Morgan fingerprint density at radius 3 is 2.55 bits per heavy atom. The average molecular weight is 293 g/mol. The van der Waals surface area contributed by atoms with Crippen molar-refractivity contribution in [1.82, 2.24) is 4.90 Å². The van der Waals surface area contributed by atoms with E-state index in [-0.39, 0.29) is 5.97 Å². The summed E-state index contributed by atoms with van der Waals surface area (Å²) >= 11 is 4.45. The largest absolute Gasteiger partial charge is 0.461 e. The van der Waals surface area contributed by atoms with E-state index in [1.165, 1.54) is 0 Å². The molecule has 0 aromatic heterocycles. The first-order chi connectivity index (χ1) is 9.71. The molecule has 1 rings (SSSR count). The predicted octanol–water partition coefficient (Wildman–Crippen LogP) is 2.61. The molecular weight excluding hydrogens is 274 g/mol. The number of carbonyl (C=O) groups excluding carboxylic acids is 1. The summed E-state index contributed by atoms with van der Waals surface area (Å²) in [5, 5.41) is 5.80. The summed E-state index contributed by atoms with van der Waals surface area (Å²) in [6.45, 7) is 7.22. The van der Waals surface area contributed by atoms with Crippen molar-refractivity contribution in [3.8, 4) is 0 Å². The van der Waals surface area contributed by atoms with Crippen molar-refractivity contribution in [3.05, 3.63) is 29.8 Å². The SMILES string of the molecule is CCN(CC)CCOC(=O)c1ccc(NN=C=S)cc1. The zero-order valence-corrected chi connectivity index (χ0v) is 12.6. The molecule has 0 spiro atoms. The molecular formula is C14H19N3O2S. The van der Waals surface area contributed by atoms with Crippen LogP contribution in [0.5, 0.6) is 0 Å². The summed E-state index contributed by atoms with van der Waals surface area (Å²) in [5.74, 6) is -0.318. The standard InChI is InChI=1S/C14H19N3O2S/c1-3-17(4-2)9-10-19-14(18)12-5-7-13(8-6-12)16-15-11-20/h5-8,16H,3-4,9-10H2,1-2H3. The molecule has 0 aliphatic heterocycles. The van der Waals surface area contributed by atoms with E-state index in [1.54, 1.807) is 24.3 Å². The maximum atomic E-state index is 11.8. The first-order valence-corrected chi connectivity index (χ1v) is 6.94. The number of ether oxygens (including phenoxy) is 1. The lowest BCUT2D eigenvalue weighted by atomic mass is 10.2. The molecule has 0 unspecified atom stereocenters. The summed E-state index contributed by atoms with van der Waals surface area (Å²) in [5.41, 5.74) is 3.94. The van der Waals surface area contributed by atoms with Gasteiger partial charge in [-0.25, -0.2) is 4.79 Å². The van der Waals surface area contributed by atoms with Crippen LogP contribution in [0.2, 0.25) is 0 Å². The number of rotatable bonds is 8. The molecule has 0 aliphatic rings. The van der Waals surface area contributed by atoms with E-state index in [1.807, 2.05) is 0 Å². The molecule has 0 amide bonds. The molecule has 0 saturated heterocycles. The van der Waals surface area contributed by atoms with Crippen LogP contribution in [0.4, 0.5) is 5.69 Å². The molecule has 0 heterocycles. The fraction of sp³-hybridized carbons (Fsp3) is 0.429. The van der Waals surface area contributed by atoms with Gasteiger partial charge in [0.05, 0.1) is 16.4 Å². The Morgan fingerprint density at radius 1 is 1.35 bits per heavy atom. The number of likely N-dealkylation sites (N-methyl/N-ethyl adjacent to an activating group) is 1. The molecule has 1 N–H and O–H groups in total. The van der Waals surface area contributed by atoms with Crippen LogP contribution in [0.25, 0.3) is 0 Å². The minimum atomic E-state index is -0.318. The normalized spacial score (nSPS) is 9.95. The van der Waals surface area contributed by atoms with Crippen molar-refractivity contribution in [2.75, 3.05) is 31.7 Å². The molecule has 0 aliphatic carbocycles. The van der Waals surface area contributed by atoms with Crippen molar-refractivity contribution in [3.63, 3.8) is 0 Å². The van der Waals surface area contributed by atoms with E-state index in [0.29, 0.717) is 12.2 Å². The maximum Gasteiger partial charge on any atom is 0.338 e. The summed E-state index contributed by atoms with van der Waals surface area (Å²) in [6.07, 6.45) is 0. The Labute approximate surface area is 124 Å². The predicted molar refractivity (Wildman–Crippen MR) is 83.2 cm³/mol. The number of anilines is 1. The molecule has 1 aromatic carbocycles. The first-order valence-electron chi connectivity index (χ1n) is 6.53. The Bertz CT molecular complexity index is 466. The smallest absolute Gasteiger partial charge is 0.338 e. The Balaban J connectivity index is 2.45. The number of esters is 1. The number of thiocarbonyl (C=S) groups is 1. The van der Waals surface area contributed by atoms with Crippen molar-refractivity contribution in [2.45, 2.75) is 13.8 Å². The number of hydrogen-bond acceptors (Lipinski definition) is 6. The van der Waals surface area contributed by atoms with E-state index in [4.69, 9.17) is 4.74 Å². The van der Waals surface area contributed by atoms with Crippen molar-refractivity contribution in [2.24, 2.45) is 5.10 Å². The lowest BCUT2D eigenvalue weighted by Crippen LogP contribution is -2.27. The van der Waals surface area contributed by atoms with Gasteiger partial charge < -0.3 is 9.64 Å². The van der Waals surface area contributed by atoms with Crippen LogP contribution in [0.3, 0.4) is 0 Å². The lowest BCUT2D eigenvalue weighted by Gasteiger charge is -2.17. The van der Waals surface area contributed by atoms with Gasteiger partial charge in [-0.3, -0.25) is 5.43 Å². The second kappa shape index (κ2) is 9.20. The van der Waals surface area contributed by atoms with Gasteiger partial charge in [0.2, 0.25) is 0 Å². The van der Waals surface area contributed by atoms with Crippen LogP contribution >= 0.6 is 12.2 Å². The van der Waals surface area contributed by atoms with Crippen LogP contribution in [-0.4, -0.2) is 42.3 Å². The van der Waals surface area contributed by atoms with Gasteiger partial charge in [0.15, 0.2) is 0 Å². The van der Waals surface area contributed by atoms with Gasteiger partial charge in [0.1, 0.15) is 6.61 Å². The molecule has 1 aromatic rings. The highest BCUT2D eigenvalue weighted by Gasteiger charge is 2.07.